The summed E-state index contributed by atoms with van der Waals surface area (Å²) in [6.07, 6.45) is 6.87. The van der Waals surface area contributed by atoms with Gasteiger partial charge in [-0.2, -0.15) is 0 Å². The number of methoxy groups -OCH3 is 1. The first-order chi connectivity index (χ1) is 19.4. The molecular weight excluding hydrogens is 513 g/mol. The maximum absolute atomic E-state index is 13.4. The van der Waals surface area contributed by atoms with Crippen molar-refractivity contribution in [3.8, 4) is 22.9 Å². The molecule has 0 radical (unpaired) electrons. The van der Waals surface area contributed by atoms with Crippen LogP contribution in [-0.2, 0) is 0 Å². The van der Waals surface area contributed by atoms with Crippen LogP contribution in [0.15, 0.2) is 61.2 Å². The summed E-state index contributed by atoms with van der Waals surface area (Å²) in [5.41, 5.74) is 2.10. The Balaban J connectivity index is 1.39. The number of hydrogen-bond acceptors (Lipinski definition) is 10. The van der Waals surface area contributed by atoms with Crippen LogP contribution in [0.2, 0.25) is 0 Å². The van der Waals surface area contributed by atoms with E-state index in [1.807, 2.05) is 18.2 Å². The molecule has 0 unspecified atom stereocenters. The van der Waals surface area contributed by atoms with Gasteiger partial charge in [-0.25, -0.2) is 24.3 Å². The third-order valence-corrected chi connectivity index (χ3v) is 6.52. The Hall–Kier alpha value is -4.64. The van der Waals surface area contributed by atoms with Crippen molar-refractivity contribution in [2.24, 2.45) is 0 Å². The van der Waals surface area contributed by atoms with E-state index in [1.165, 1.54) is 13.3 Å². The fourth-order valence-corrected chi connectivity index (χ4v) is 4.51. The third kappa shape index (κ3) is 6.15. The van der Waals surface area contributed by atoms with E-state index >= 15 is 0 Å². The number of ketones is 1. The van der Waals surface area contributed by atoms with Crippen LogP contribution in [-0.4, -0.2) is 64.0 Å². The zero-order valence-electron chi connectivity index (χ0n) is 22.5. The minimum atomic E-state index is -0.533. The second-order valence-electron chi connectivity index (χ2n) is 9.42. The molecule has 4 heterocycles. The molecular formula is C29H30FN7O3. The Morgan fingerprint density at radius 3 is 2.50 bits per heavy atom. The molecule has 11 heteroatoms. The van der Waals surface area contributed by atoms with Crippen LogP contribution in [0.4, 0.5) is 27.4 Å². The molecule has 1 aromatic carbocycles. The van der Waals surface area contributed by atoms with E-state index in [0.29, 0.717) is 57.9 Å². The number of ether oxygens (including phenoxy) is 2. The molecule has 206 valence electrons. The zero-order chi connectivity index (χ0) is 28.1. The van der Waals surface area contributed by atoms with Gasteiger partial charge in [0.15, 0.2) is 23.2 Å². The second kappa shape index (κ2) is 12.0. The lowest BCUT2D eigenvalue weighted by Crippen LogP contribution is -2.21. The SMILES string of the molecule is CCC(=O)c1cnc(Nc2ccc(O[C@@H]3CCN(C)C3)cn2)cc1Nc1cccc(-c2ncc(F)cn2)c1OC. The maximum atomic E-state index is 13.4. The standard InChI is InChI=1S/C29H30FN7O3/c1-4-25(38)22-16-32-27(36-26-9-8-19(15-31-26)40-20-10-11-37(2)17-20)12-24(22)35-23-7-5-6-21(28(23)39-3)29-33-13-18(30)14-34-29/h5-9,12-16,20H,4,10-11,17H2,1-3H3,(H2,31,32,35,36)/t20-/m1/s1. The fourth-order valence-electron chi connectivity index (χ4n) is 4.51. The number of nitrogens with one attached hydrogen (secondary N) is 2. The zero-order valence-corrected chi connectivity index (χ0v) is 22.5. The summed E-state index contributed by atoms with van der Waals surface area (Å²) < 4.78 is 25.1. The van der Waals surface area contributed by atoms with Gasteiger partial charge in [-0.15, -0.1) is 0 Å². The Labute approximate surface area is 231 Å². The summed E-state index contributed by atoms with van der Waals surface area (Å²) in [7, 11) is 3.60. The minimum absolute atomic E-state index is 0.0734. The molecule has 4 aromatic rings. The van der Waals surface area contributed by atoms with Gasteiger partial charge in [0.1, 0.15) is 23.5 Å². The molecule has 1 aliphatic rings. The molecule has 5 rings (SSSR count). The number of likely N-dealkylation sites (tertiary alicyclic amines) is 1. The van der Waals surface area contributed by atoms with Crippen LogP contribution < -0.4 is 20.1 Å². The third-order valence-electron chi connectivity index (χ3n) is 6.52. The summed E-state index contributed by atoms with van der Waals surface area (Å²) in [5.74, 6) is 1.93. The quantitative estimate of drug-likeness (QED) is 0.257. The summed E-state index contributed by atoms with van der Waals surface area (Å²) in [6, 6.07) is 10.8. The van der Waals surface area contributed by atoms with Gasteiger partial charge in [0.05, 0.1) is 48.2 Å². The first-order valence-electron chi connectivity index (χ1n) is 13.0. The number of carbonyl (C=O) groups is 1. The highest BCUT2D eigenvalue weighted by Gasteiger charge is 2.21. The molecule has 3 aromatic heterocycles. The molecule has 1 fully saturated rings. The average Bonchev–Trinajstić information content (AvgIpc) is 3.38. The highest BCUT2D eigenvalue weighted by atomic mass is 19.1. The maximum Gasteiger partial charge on any atom is 0.166 e. The number of Topliss-reactive ketones (excluding diaryl/α,β-unsaturated/α-hetero) is 1. The Bertz CT molecular complexity index is 1480. The van der Waals surface area contributed by atoms with Crippen LogP contribution >= 0.6 is 0 Å². The van der Waals surface area contributed by atoms with Crippen molar-refractivity contribution in [3.05, 3.63) is 72.6 Å². The van der Waals surface area contributed by atoms with Crippen LogP contribution in [0, 0.1) is 5.82 Å². The van der Waals surface area contributed by atoms with Crippen molar-refractivity contribution >= 4 is 28.8 Å². The monoisotopic (exact) mass is 543 g/mol. The predicted octanol–water partition coefficient (Wildman–Crippen LogP) is 5.24. The van der Waals surface area contributed by atoms with Gasteiger partial charge in [0.2, 0.25) is 0 Å². The van der Waals surface area contributed by atoms with Crippen molar-refractivity contribution in [1.29, 1.82) is 0 Å². The number of pyridine rings is 2. The van der Waals surface area contributed by atoms with E-state index in [4.69, 9.17) is 9.47 Å². The van der Waals surface area contributed by atoms with Gasteiger partial charge >= 0.3 is 0 Å². The minimum Gasteiger partial charge on any atom is -0.494 e. The number of hydrogen-bond donors (Lipinski definition) is 2. The smallest absolute Gasteiger partial charge is 0.166 e. The Morgan fingerprint density at radius 2 is 1.82 bits per heavy atom. The molecule has 0 aliphatic carbocycles. The van der Waals surface area contributed by atoms with E-state index in [0.717, 1.165) is 31.9 Å². The average molecular weight is 544 g/mol. The van der Waals surface area contributed by atoms with Crippen molar-refractivity contribution in [2.75, 3.05) is 37.9 Å². The van der Waals surface area contributed by atoms with Gasteiger partial charge in [0.25, 0.3) is 0 Å². The van der Waals surface area contributed by atoms with E-state index < -0.39 is 5.82 Å². The van der Waals surface area contributed by atoms with Crippen LogP contribution in [0.3, 0.4) is 0 Å². The van der Waals surface area contributed by atoms with Gasteiger partial charge in [-0.3, -0.25) is 4.79 Å². The lowest BCUT2D eigenvalue weighted by atomic mass is 10.1. The van der Waals surface area contributed by atoms with Gasteiger partial charge in [0, 0.05) is 31.8 Å². The summed E-state index contributed by atoms with van der Waals surface area (Å²) in [6.45, 7) is 3.71. The number of carbonyl (C=O) groups excluding carboxylic acids is 1. The number of benzene rings is 1. The number of nitrogens with zero attached hydrogens (tertiary/aromatic N) is 5. The lowest BCUT2D eigenvalue weighted by molar-refractivity contribution is 0.0988. The summed E-state index contributed by atoms with van der Waals surface area (Å²) in [4.78, 5) is 32.0. The van der Waals surface area contributed by atoms with Gasteiger partial charge in [-0.05, 0) is 37.7 Å². The number of halogens is 1. The van der Waals surface area contributed by atoms with E-state index in [9.17, 15) is 9.18 Å². The Morgan fingerprint density at radius 1 is 1.02 bits per heavy atom. The molecule has 1 aliphatic heterocycles. The van der Waals surface area contributed by atoms with Gasteiger partial charge in [-0.1, -0.05) is 13.0 Å². The topological polar surface area (TPSA) is 114 Å². The van der Waals surface area contributed by atoms with Crippen molar-refractivity contribution in [1.82, 2.24) is 24.8 Å². The molecule has 2 N–H and O–H groups in total. The molecule has 0 bridgehead atoms. The first-order valence-corrected chi connectivity index (χ1v) is 13.0. The van der Waals surface area contributed by atoms with E-state index in [1.54, 1.807) is 31.3 Å². The van der Waals surface area contributed by atoms with Crippen molar-refractivity contribution in [2.45, 2.75) is 25.9 Å². The van der Waals surface area contributed by atoms with E-state index in [-0.39, 0.29) is 11.9 Å². The van der Waals surface area contributed by atoms with Crippen LogP contribution in [0.1, 0.15) is 30.1 Å². The highest BCUT2D eigenvalue weighted by Crippen LogP contribution is 2.37. The normalized spacial score (nSPS) is 15.1. The van der Waals surface area contributed by atoms with Gasteiger partial charge < -0.3 is 25.0 Å². The molecule has 0 amide bonds. The molecule has 0 spiro atoms. The number of likely N-dealkylation sites (N-methyl/N-ethyl adjacent to an activating group) is 1. The lowest BCUT2D eigenvalue weighted by Gasteiger charge is -2.17. The van der Waals surface area contributed by atoms with Crippen molar-refractivity contribution in [3.63, 3.8) is 0 Å². The molecule has 0 saturated carbocycles. The Kier molecular flexibility index (Phi) is 8.11. The number of aromatic nitrogens is 4. The number of anilines is 4. The van der Waals surface area contributed by atoms with Crippen LogP contribution in [0.5, 0.6) is 11.5 Å². The number of rotatable bonds is 10. The molecule has 1 atom stereocenters. The van der Waals surface area contributed by atoms with Crippen LogP contribution in [0.25, 0.3) is 11.4 Å². The second-order valence-corrected chi connectivity index (χ2v) is 9.42. The predicted molar refractivity (Wildman–Crippen MR) is 150 cm³/mol. The number of para-hydroxylation sites is 1. The highest BCUT2D eigenvalue weighted by molar-refractivity contribution is 6.02. The first kappa shape index (κ1) is 26.9. The fraction of sp³-hybridized carbons (Fsp3) is 0.276. The molecule has 40 heavy (non-hydrogen) atoms. The van der Waals surface area contributed by atoms with Crippen molar-refractivity contribution < 1.29 is 18.7 Å². The van der Waals surface area contributed by atoms with E-state index in [2.05, 4.69) is 42.5 Å². The largest absolute Gasteiger partial charge is 0.494 e. The molecule has 1 saturated heterocycles. The summed E-state index contributed by atoms with van der Waals surface area (Å²) >= 11 is 0. The molecule has 10 nitrogen and oxygen atoms in total. The summed E-state index contributed by atoms with van der Waals surface area (Å²) in [5, 5.41) is 6.50.